The Morgan fingerprint density at radius 3 is 3.00 bits per heavy atom. The van der Waals surface area contributed by atoms with E-state index in [9.17, 15) is 0 Å². The second-order valence-corrected chi connectivity index (χ2v) is 6.79. The van der Waals surface area contributed by atoms with E-state index in [2.05, 4.69) is 25.4 Å². The zero-order valence-corrected chi connectivity index (χ0v) is 13.5. The lowest BCUT2D eigenvalue weighted by Gasteiger charge is -2.27. The molecule has 1 aliphatic carbocycles. The maximum atomic E-state index is 4.82. The highest BCUT2D eigenvalue weighted by Gasteiger charge is 2.39. The average Bonchev–Trinajstić information content (AvgIpc) is 3.32. The monoisotopic (exact) mass is 321 g/mol. The molecule has 2 bridgehead atoms. The Balaban J connectivity index is 1.59. The number of pyridine rings is 1. The largest absolute Gasteiger partial charge is 0.337 e. The minimum atomic E-state index is 0.580. The number of hydrogen-bond donors (Lipinski definition) is 2. The highest BCUT2D eigenvalue weighted by Crippen LogP contribution is 2.39. The summed E-state index contributed by atoms with van der Waals surface area (Å²) < 4.78 is 0. The van der Waals surface area contributed by atoms with Gasteiger partial charge in [-0.25, -0.2) is 4.98 Å². The van der Waals surface area contributed by atoms with E-state index in [1.807, 2.05) is 25.1 Å². The Bertz CT molecular complexity index is 903. The Labute approximate surface area is 139 Å². The Hall–Kier alpha value is -2.70. The van der Waals surface area contributed by atoms with Gasteiger partial charge in [-0.2, -0.15) is 15.1 Å². The summed E-state index contributed by atoms with van der Waals surface area (Å²) in [5, 5.41) is 11.4. The molecular weight excluding hydrogens is 302 g/mol. The first-order valence-electron chi connectivity index (χ1n) is 8.45. The van der Waals surface area contributed by atoms with E-state index in [0.717, 1.165) is 46.8 Å². The molecule has 0 spiro atoms. The van der Waals surface area contributed by atoms with E-state index in [4.69, 9.17) is 9.97 Å². The van der Waals surface area contributed by atoms with Gasteiger partial charge in [-0.3, -0.25) is 5.10 Å². The van der Waals surface area contributed by atoms with Crippen LogP contribution in [0.4, 0.5) is 17.6 Å². The van der Waals surface area contributed by atoms with Crippen molar-refractivity contribution in [2.24, 2.45) is 5.92 Å². The summed E-state index contributed by atoms with van der Waals surface area (Å²) in [5.74, 6) is 3.09. The van der Waals surface area contributed by atoms with Gasteiger partial charge in [0.25, 0.3) is 0 Å². The number of H-pyrrole nitrogens is 1. The van der Waals surface area contributed by atoms with Crippen LogP contribution in [0.15, 0.2) is 24.4 Å². The van der Waals surface area contributed by atoms with Crippen molar-refractivity contribution in [3.63, 3.8) is 0 Å². The van der Waals surface area contributed by atoms with Gasteiger partial charge in [0.2, 0.25) is 5.95 Å². The van der Waals surface area contributed by atoms with Gasteiger partial charge in [0.1, 0.15) is 5.82 Å². The summed E-state index contributed by atoms with van der Waals surface area (Å²) in [6.07, 6.45) is 5.63. The third kappa shape index (κ3) is 2.19. The van der Waals surface area contributed by atoms with Gasteiger partial charge >= 0.3 is 0 Å². The van der Waals surface area contributed by atoms with Gasteiger partial charge < -0.3 is 10.2 Å². The molecule has 1 aliphatic heterocycles. The van der Waals surface area contributed by atoms with Crippen molar-refractivity contribution in [2.45, 2.75) is 32.2 Å². The second-order valence-electron chi connectivity index (χ2n) is 6.79. The number of anilines is 3. The number of hydrogen-bond acceptors (Lipinski definition) is 6. The van der Waals surface area contributed by atoms with Crippen molar-refractivity contribution < 1.29 is 0 Å². The van der Waals surface area contributed by atoms with Crippen LogP contribution in [-0.2, 0) is 0 Å². The third-order valence-corrected chi connectivity index (χ3v) is 5.08. The maximum Gasteiger partial charge on any atom is 0.229 e. The Morgan fingerprint density at radius 2 is 2.25 bits per heavy atom. The van der Waals surface area contributed by atoms with Gasteiger partial charge in [-0.15, -0.1) is 0 Å². The molecule has 3 aromatic heterocycles. The predicted octanol–water partition coefficient (Wildman–Crippen LogP) is 2.79. The van der Waals surface area contributed by atoms with Gasteiger partial charge in [0.05, 0.1) is 5.39 Å². The molecule has 2 atom stereocenters. The fourth-order valence-corrected chi connectivity index (χ4v) is 3.95. The smallest absolute Gasteiger partial charge is 0.229 e. The van der Waals surface area contributed by atoms with Crippen LogP contribution in [-0.4, -0.2) is 37.7 Å². The fraction of sp³-hybridized carbons (Fsp3) is 0.412. The van der Waals surface area contributed by atoms with E-state index in [-0.39, 0.29) is 0 Å². The first kappa shape index (κ1) is 13.7. The molecule has 0 amide bonds. The summed E-state index contributed by atoms with van der Waals surface area (Å²) >= 11 is 0. The normalized spacial score (nSPS) is 22.5. The van der Waals surface area contributed by atoms with E-state index >= 15 is 0 Å². The van der Waals surface area contributed by atoms with Crippen molar-refractivity contribution in [1.29, 1.82) is 0 Å². The van der Waals surface area contributed by atoms with Gasteiger partial charge in [-0.1, -0.05) is 0 Å². The molecule has 3 aromatic rings. The first-order valence-corrected chi connectivity index (χ1v) is 8.45. The summed E-state index contributed by atoms with van der Waals surface area (Å²) in [5.41, 5.74) is 1.73. The van der Waals surface area contributed by atoms with E-state index in [1.54, 1.807) is 6.20 Å². The molecule has 0 unspecified atom stereocenters. The van der Waals surface area contributed by atoms with E-state index in [0.29, 0.717) is 6.04 Å². The molecule has 0 aromatic carbocycles. The van der Waals surface area contributed by atoms with Crippen LogP contribution in [0, 0.1) is 12.8 Å². The van der Waals surface area contributed by atoms with Crippen LogP contribution in [0.3, 0.4) is 0 Å². The second kappa shape index (κ2) is 5.15. The van der Waals surface area contributed by atoms with E-state index < -0.39 is 0 Å². The van der Waals surface area contributed by atoms with Gasteiger partial charge in [-0.05, 0) is 44.2 Å². The SMILES string of the molecule is Cc1cc(Nc2nc(N3C[C@H]4CC[C@@H]3C4)nc3ncccc23)n[nH]1. The number of piperidine rings is 1. The number of aryl methyl sites for hydroxylation is 1. The topological polar surface area (TPSA) is 82.6 Å². The van der Waals surface area contributed by atoms with Gasteiger partial charge in [0.15, 0.2) is 11.5 Å². The minimum Gasteiger partial charge on any atom is -0.337 e. The zero-order chi connectivity index (χ0) is 16.1. The predicted molar refractivity (Wildman–Crippen MR) is 92.4 cm³/mol. The highest BCUT2D eigenvalue weighted by molar-refractivity contribution is 5.89. The minimum absolute atomic E-state index is 0.580. The molecule has 2 fully saturated rings. The lowest BCUT2D eigenvalue weighted by molar-refractivity contribution is 0.547. The van der Waals surface area contributed by atoms with Crippen molar-refractivity contribution in [3.8, 4) is 0 Å². The lowest BCUT2D eigenvalue weighted by atomic mass is 10.1. The molecule has 2 aliphatic rings. The fourth-order valence-electron chi connectivity index (χ4n) is 3.95. The van der Waals surface area contributed by atoms with E-state index in [1.165, 1.54) is 19.3 Å². The molecule has 7 heteroatoms. The van der Waals surface area contributed by atoms with Crippen LogP contribution in [0.5, 0.6) is 0 Å². The number of nitrogens with one attached hydrogen (secondary N) is 2. The Morgan fingerprint density at radius 1 is 1.29 bits per heavy atom. The average molecular weight is 321 g/mol. The number of nitrogens with zero attached hydrogens (tertiary/aromatic N) is 5. The van der Waals surface area contributed by atoms with Crippen molar-refractivity contribution in [2.75, 3.05) is 16.8 Å². The molecule has 5 rings (SSSR count). The van der Waals surface area contributed by atoms with Crippen LogP contribution in [0.1, 0.15) is 25.0 Å². The first-order chi connectivity index (χ1) is 11.8. The quantitative estimate of drug-likeness (QED) is 0.772. The molecule has 7 nitrogen and oxygen atoms in total. The van der Waals surface area contributed by atoms with Crippen molar-refractivity contribution in [1.82, 2.24) is 25.1 Å². The molecule has 4 heterocycles. The van der Waals surface area contributed by atoms with Crippen LogP contribution in [0.25, 0.3) is 11.0 Å². The molecule has 0 radical (unpaired) electrons. The van der Waals surface area contributed by atoms with Crippen molar-refractivity contribution in [3.05, 3.63) is 30.1 Å². The zero-order valence-electron chi connectivity index (χ0n) is 13.5. The standard InChI is InChI=1S/C17H19N7/c1-10-7-14(23-22-10)19-16-13-3-2-6-18-15(13)20-17(21-16)24-9-11-4-5-12(24)8-11/h2-3,6-7,11-12H,4-5,8-9H2,1H3,(H2,18,19,20,21,22,23)/t11-,12+/m0/s1. The van der Waals surface area contributed by atoms with Crippen molar-refractivity contribution >= 4 is 28.6 Å². The summed E-state index contributed by atoms with van der Waals surface area (Å²) in [4.78, 5) is 16.3. The summed E-state index contributed by atoms with van der Waals surface area (Å²) in [7, 11) is 0. The number of aromatic nitrogens is 5. The van der Waals surface area contributed by atoms with Gasteiger partial charge in [0, 0.05) is 30.5 Å². The molecule has 1 saturated carbocycles. The Kier molecular flexibility index (Phi) is 2.95. The molecule has 1 saturated heterocycles. The number of aromatic amines is 1. The summed E-state index contributed by atoms with van der Waals surface area (Å²) in [6.45, 7) is 3.04. The molecular formula is C17H19N7. The number of rotatable bonds is 3. The van der Waals surface area contributed by atoms with Crippen LogP contribution in [0.2, 0.25) is 0 Å². The molecule has 122 valence electrons. The van der Waals surface area contributed by atoms with Crippen LogP contribution < -0.4 is 10.2 Å². The molecule has 2 N–H and O–H groups in total. The van der Waals surface area contributed by atoms with Crippen LogP contribution >= 0.6 is 0 Å². The number of fused-ring (bicyclic) bond motifs is 3. The summed E-state index contributed by atoms with van der Waals surface area (Å²) in [6, 6.07) is 6.44. The maximum absolute atomic E-state index is 4.82. The lowest BCUT2D eigenvalue weighted by Crippen LogP contribution is -2.33. The highest BCUT2D eigenvalue weighted by atomic mass is 15.3. The molecule has 24 heavy (non-hydrogen) atoms. The third-order valence-electron chi connectivity index (χ3n) is 5.08.